The van der Waals surface area contributed by atoms with Crippen LogP contribution in [0.1, 0.15) is 42.7 Å². The number of fused-ring (bicyclic) bond motifs is 1. The molecule has 0 saturated heterocycles. The minimum atomic E-state index is -0.0847. The van der Waals surface area contributed by atoms with E-state index >= 15 is 0 Å². The van der Waals surface area contributed by atoms with Gasteiger partial charge in [-0.3, -0.25) is 4.57 Å². The van der Waals surface area contributed by atoms with Gasteiger partial charge >= 0.3 is 5.69 Å². The van der Waals surface area contributed by atoms with E-state index < -0.39 is 0 Å². The summed E-state index contributed by atoms with van der Waals surface area (Å²) in [6.07, 6.45) is 6.90. The second-order valence-electron chi connectivity index (χ2n) is 6.58. The van der Waals surface area contributed by atoms with Gasteiger partial charge < -0.3 is 9.51 Å². The van der Waals surface area contributed by atoms with Crippen molar-refractivity contribution in [3.8, 4) is 11.1 Å². The Kier molecular flexibility index (Phi) is 3.44. The zero-order chi connectivity index (χ0) is 16.8. The van der Waals surface area contributed by atoms with Crippen molar-refractivity contribution in [2.45, 2.75) is 39.5 Å². The maximum Gasteiger partial charge on any atom is 0.326 e. The molecular weight excluding hydrogens is 302 g/mol. The Bertz CT molecular complexity index is 998. The molecule has 0 spiro atoms. The number of aromatic amines is 1. The van der Waals surface area contributed by atoms with Crippen molar-refractivity contribution >= 4 is 16.6 Å². The molecule has 0 fully saturated rings. The molecule has 0 amide bonds. The van der Waals surface area contributed by atoms with E-state index in [1.54, 1.807) is 4.57 Å². The topological polar surface area (TPSA) is 63.8 Å². The first-order valence-electron chi connectivity index (χ1n) is 8.41. The molecule has 0 unspecified atom stereocenters. The summed E-state index contributed by atoms with van der Waals surface area (Å²) in [5, 5.41) is 4.07. The second-order valence-corrected chi connectivity index (χ2v) is 6.58. The van der Waals surface area contributed by atoms with Crippen molar-refractivity contribution in [2.24, 2.45) is 7.05 Å². The lowest BCUT2D eigenvalue weighted by Crippen LogP contribution is -2.12. The summed E-state index contributed by atoms with van der Waals surface area (Å²) in [5.41, 5.74) is 7.15. The first-order valence-corrected chi connectivity index (χ1v) is 8.41. The number of benzene rings is 1. The minimum absolute atomic E-state index is 0.0847. The second kappa shape index (κ2) is 5.51. The van der Waals surface area contributed by atoms with Crippen LogP contribution in [-0.4, -0.2) is 14.7 Å². The summed E-state index contributed by atoms with van der Waals surface area (Å²) in [7, 11) is 1.82. The lowest BCUT2D eigenvalue weighted by Gasteiger charge is -2.16. The average molecular weight is 323 g/mol. The van der Waals surface area contributed by atoms with Gasteiger partial charge in [-0.1, -0.05) is 11.2 Å². The van der Waals surface area contributed by atoms with Crippen molar-refractivity contribution in [1.29, 1.82) is 0 Å². The normalized spacial score (nSPS) is 15.0. The van der Waals surface area contributed by atoms with Gasteiger partial charge in [0.1, 0.15) is 5.76 Å². The standard InChI is InChI=1S/C19H21N3O2/c1-11-17(12(2)24-21-11)14-9-15(13-7-5-4-6-8-13)18-16(10-14)20-19(23)22(18)3/h7,9-10H,4-6,8H2,1-3H3,(H,20,23). The molecule has 0 saturated carbocycles. The fourth-order valence-corrected chi connectivity index (χ4v) is 3.76. The molecule has 3 aromatic rings. The zero-order valence-electron chi connectivity index (χ0n) is 14.3. The largest absolute Gasteiger partial charge is 0.361 e. The highest BCUT2D eigenvalue weighted by Gasteiger charge is 2.19. The van der Waals surface area contributed by atoms with Gasteiger partial charge in [-0.2, -0.15) is 0 Å². The third kappa shape index (κ3) is 2.23. The van der Waals surface area contributed by atoms with E-state index in [1.807, 2.05) is 27.0 Å². The minimum Gasteiger partial charge on any atom is -0.361 e. The summed E-state index contributed by atoms with van der Waals surface area (Å²) in [6, 6.07) is 4.20. The van der Waals surface area contributed by atoms with Crippen LogP contribution < -0.4 is 5.69 Å². The Morgan fingerprint density at radius 3 is 2.75 bits per heavy atom. The number of aryl methyl sites for hydroxylation is 3. The van der Waals surface area contributed by atoms with Gasteiger partial charge in [-0.05, 0) is 62.8 Å². The van der Waals surface area contributed by atoms with Crippen LogP contribution in [0.5, 0.6) is 0 Å². The van der Waals surface area contributed by atoms with Crippen molar-refractivity contribution in [3.05, 3.63) is 45.7 Å². The third-order valence-electron chi connectivity index (χ3n) is 4.95. The highest BCUT2D eigenvalue weighted by molar-refractivity contribution is 5.94. The first kappa shape index (κ1) is 15.0. The average Bonchev–Trinajstić information content (AvgIpc) is 3.07. The van der Waals surface area contributed by atoms with Crippen molar-refractivity contribution < 1.29 is 4.52 Å². The summed E-state index contributed by atoms with van der Waals surface area (Å²) in [6.45, 7) is 3.87. The molecule has 1 aliphatic rings. The Balaban J connectivity index is 2.05. The molecule has 4 rings (SSSR count). The number of nitrogens with one attached hydrogen (secondary N) is 1. The summed E-state index contributed by atoms with van der Waals surface area (Å²) in [4.78, 5) is 15.1. The number of allylic oxidation sites excluding steroid dienone is 2. The van der Waals surface area contributed by atoms with Gasteiger partial charge in [-0.25, -0.2) is 4.79 Å². The van der Waals surface area contributed by atoms with Crippen LogP contribution in [-0.2, 0) is 7.05 Å². The van der Waals surface area contributed by atoms with E-state index in [1.165, 1.54) is 18.4 Å². The number of H-pyrrole nitrogens is 1. The van der Waals surface area contributed by atoms with Crippen LogP contribution in [0.25, 0.3) is 27.7 Å². The van der Waals surface area contributed by atoms with Gasteiger partial charge in [0.15, 0.2) is 0 Å². The van der Waals surface area contributed by atoms with Gasteiger partial charge in [0.25, 0.3) is 0 Å². The molecule has 0 atom stereocenters. The van der Waals surface area contributed by atoms with E-state index in [-0.39, 0.29) is 5.69 Å². The van der Waals surface area contributed by atoms with Gasteiger partial charge in [-0.15, -0.1) is 0 Å². The van der Waals surface area contributed by atoms with Gasteiger partial charge in [0.2, 0.25) is 0 Å². The van der Waals surface area contributed by atoms with Crippen LogP contribution in [0.3, 0.4) is 0 Å². The number of hydrogen-bond acceptors (Lipinski definition) is 3. The predicted molar refractivity (Wildman–Crippen MR) is 95.0 cm³/mol. The fourth-order valence-electron chi connectivity index (χ4n) is 3.76. The van der Waals surface area contributed by atoms with Gasteiger partial charge in [0, 0.05) is 18.2 Å². The quantitative estimate of drug-likeness (QED) is 0.772. The Morgan fingerprint density at radius 2 is 2.08 bits per heavy atom. The van der Waals surface area contributed by atoms with E-state index in [4.69, 9.17) is 4.52 Å². The van der Waals surface area contributed by atoms with E-state index in [9.17, 15) is 4.79 Å². The summed E-state index contributed by atoms with van der Waals surface area (Å²) < 4.78 is 7.04. The Morgan fingerprint density at radius 1 is 1.25 bits per heavy atom. The molecule has 124 valence electrons. The molecule has 0 radical (unpaired) electrons. The SMILES string of the molecule is Cc1noc(C)c1-c1cc(C2=CCCCC2)c2c(c1)[nH]c(=O)n2C. The first-order chi connectivity index (χ1) is 11.6. The molecule has 1 N–H and O–H groups in total. The van der Waals surface area contributed by atoms with Crippen LogP contribution in [0.2, 0.25) is 0 Å². The Labute approximate surface area is 140 Å². The van der Waals surface area contributed by atoms with E-state index in [2.05, 4.69) is 22.3 Å². The van der Waals surface area contributed by atoms with Gasteiger partial charge in [0.05, 0.1) is 16.7 Å². The summed E-state index contributed by atoms with van der Waals surface area (Å²) in [5.74, 6) is 0.800. The molecule has 0 bridgehead atoms. The van der Waals surface area contributed by atoms with Crippen LogP contribution in [0.4, 0.5) is 0 Å². The van der Waals surface area contributed by atoms with Crippen LogP contribution in [0, 0.1) is 13.8 Å². The smallest absolute Gasteiger partial charge is 0.326 e. The van der Waals surface area contributed by atoms with Crippen molar-refractivity contribution in [3.63, 3.8) is 0 Å². The number of rotatable bonds is 2. The molecule has 1 aromatic carbocycles. The monoisotopic (exact) mass is 323 g/mol. The van der Waals surface area contributed by atoms with E-state index in [0.29, 0.717) is 0 Å². The van der Waals surface area contributed by atoms with Crippen LogP contribution in [0.15, 0.2) is 27.5 Å². The lowest BCUT2D eigenvalue weighted by molar-refractivity contribution is 0.393. The zero-order valence-corrected chi connectivity index (χ0v) is 14.3. The molecule has 5 nitrogen and oxygen atoms in total. The molecule has 0 aliphatic heterocycles. The number of aromatic nitrogens is 3. The molecule has 24 heavy (non-hydrogen) atoms. The molecule has 2 heterocycles. The molecular formula is C19H21N3O2. The lowest BCUT2D eigenvalue weighted by atomic mass is 9.90. The highest BCUT2D eigenvalue weighted by atomic mass is 16.5. The molecule has 5 heteroatoms. The maximum atomic E-state index is 12.2. The predicted octanol–water partition coefficient (Wildman–Crippen LogP) is 4.10. The van der Waals surface area contributed by atoms with Crippen LogP contribution >= 0.6 is 0 Å². The number of hydrogen-bond donors (Lipinski definition) is 1. The fraction of sp³-hybridized carbons (Fsp3) is 0.368. The van der Waals surface area contributed by atoms with Crippen molar-refractivity contribution in [2.75, 3.05) is 0 Å². The number of nitrogens with zero attached hydrogens (tertiary/aromatic N) is 2. The molecule has 2 aromatic heterocycles. The third-order valence-corrected chi connectivity index (χ3v) is 4.95. The highest BCUT2D eigenvalue weighted by Crippen LogP contribution is 2.36. The van der Waals surface area contributed by atoms with Crippen molar-refractivity contribution in [1.82, 2.24) is 14.7 Å². The number of imidazole rings is 1. The molecule has 1 aliphatic carbocycles. The van der Waals surface area contributed by atoms with E-state index in [0.717, 1.165) is 52.0 Å². The summed E-state index contributed by atoms with van der Waals surface area (Å²) >= 11 is 0. The maximum absolute atomic E-state index is 12.2. The Hall–Kier alpha value is -2.56.